The molecule has 1 saturated carbocycles. The Bertz CT molecular complexity index is 542. The second kappa shape index (κ2) is 9.22. The molecule has 0 spiro atoms. The maximum atomic E-state index is 6.17. The molecule has 140 valence electrons. The van der Waals surface area contributed by atoms with Gasteiger partial charge in [-0.05, 0) is 44.1 Å². The number of hydrogen-bond acceptors (Lipinski definition) is 3. The molecular formula is C19H33N5O. The van der Waals surface area contributed by atoms with Crippen LogP contribution in [0.2, 0.25) is 0 Å². The van der Waals surface area contributed by atoms with E-state index in [-0.39, 0.29) is 0 Å². The third-order valence-corrected chi connectivity index (χ3v) is 5.38. The van der Waals surface area contributed by atoms with Crippen LogP contribution in [0.1, 0.15) is 44.1 Å². The lowest BCUT2D eigenvalue weighted by Crippen LogP contribution is -2.47. The van der Waals surface area contributed by atoms with E-state index in [9.17, 15) is 0 Å². The van der Waals surface area contributed by atoms with Gasteiger partial charge in [0.2, 0.25) is 0 Å². The number of aromatic nitrogens is 2. The van der Waals surface area contributed by atoms with Gasteiger partial charge < -0.3 is 15.0 Å². The number of rotatable bonds is 6. The summed E-state index contributed by atoms with van der Waals surface area (Å²) in [6.07, 6.45) is 12.1. The van der Waals surface area contributed by atoms with Crippen molar-refractivity contribution in [2.24, 2.45) is 10.9 Å². The molecule has 0 amide bonds. The minimum atomic E-state index is 0.432. The molecule has 1 aliphatic heterocycles. The van der Waals surface area contributed by atoms with E-state index in [1.807, 2.05) is 17.9 Å². The highest BCUT2D eigenvalue weighted by atomic mass is 16.5. The topological polar surface area (TPSA) is 54.7 Å². The van der Waals surface area contributed by atoms with Gasteiger partial charge in [-0.15, -0.1) is 0 Å². The summed E-state index contributed by atoms with van der Waals surface area (Å²) >= 11 is 0. The molecule has 2 fully saturated rings. The molecule has 1 aromatic rings. The third-order valence-electron chi connectivity index (χ3n) is 5.38. The van der Waals surface area contributed by atoms with Crippen LogP contribution in [0.3, 0.4) is 0 Å². The number of hydrogen-bond donors (Lipinski definition) is 1. The molecule has 6 nitrogen and oxygen atoms in total. The molecule has 0 bridgehead atoms. The first kappa shape index (κ1) is 18.2. The third kappa shape index (κ3) is 5.46. The standard InChI is InChI=1S/C19H33N5O/c1-16-13-22-24(14-16)12-9-21-19(20-2)23-10-7-18(8-11-23)25-15-17-5-3-4-6-17/h13-14,17-18H,3-12,15H2,1-2H3,(H,20,21). The number of aryl methyl sites for hydroxylation is 1. The van der Waals surface area contributed by atoms with Crippen molar-refractivity contribution in [2.45, 2.75) is 58.1 Å². The lowest BCUT2D eigenvalue weighted by Gasteiger charge is -2.34. The normalized spacial score (nSPS) is 20.4. The summed E-state index contributed by atoms with van der Waals surface area (Å²) in [4.78, 5) is 6.79. The Balaban J connectivity index is 1.35. The fourth-order valence-corrected chi connectivity index (χ4v) is 3.89. The molecule has 1 N–H and O–H groups in total. The van der Waals surface area contributed by atoms with Crippen LogP contribution in [-0.4, -0.2) is 60.0 Å². The van der Waals surface area contributed by atoms with Crippen LogP contribution in [0.15, 0.2) is 17.4 Å². The van der Waals surface area contributed by atoms with Crippen molar-refractivity contribution in [2.75, 3.05) is 33.3 Å². The van der Waals surface area contributed by atoms with Crippen molar-refractivity contribution in [1.29, 1.82) is 0 Å². The van der Waals surface area contributed by atoms with Crippen LogP contribution >= 0.6 is 0 Å². The molecule has 25 heavy (non-hydrogen) atoms. The quantitative estimate of drug-likeness (QED) is 0.634. The Labute approximate surface area is 151 Å². The zero-order valence-electron chi connectivity index (χ0n) is 15.8. The van der Waals surface area contributed by atoms with Gasteiger partial charge in [0.15, 0.2) is 5.96 Å². The first-order valence-electron chi connectivity index (χ1n) is 9.81. The van der Waals surface area contributed by atoms with E-state index in [4.69, 9.17) is 4.74 Å². The zero-order valence-corrected chi connectivity index (χ0v) is 15.8. The monoisotopic (exact) mass is 347 g/mol. The number of likely N-dealkylation sites (tertiary alicyclic amines) is 1. The van der Waals surface area contributed by atoms with E-state index >= 15 is 0 Å². The van der Waals surface area contributed by atoms with Crippen molar-refractivity contribution < 1.29 is 4.74 Å². The van der Waals surface area contributed by atoms with E-state index in [2.05, 4.69) is 33.4 Å². The van der Waals surface area contributed by atoms with Crippen LogP contribution < -0.4 is 5.32 Å². The van der Waals surface area contributed by atoms with E-state index in [0.29, 0.717) is 6.10 Å². The fourth-order valence-electron chi connectivity index (χ4n) is 3.89. The number of nitrogens with zero attached hydrogens (tertiary/aromatic N) is 4. The largest absolute Gasteiger partial charge is 0.378 e. The fraction of sp³-hybridized carbons (Fsp3) is 0.789. The van der Waals surface area contributed by atoms with E-state index in [1.54, 1.807) is 0 Å². The lowest BCUT2D eigenvalue weighted by atomic mass is 10.1. The summed E-state index contributed by atoms with van der Waals surface area (Å²) in [7, 11) is 1.86. The summed E-state index contributed by atoms with van der Waals surface area (Å²) in [5.41, 5.74) is 1.20. The second-order valence-corrected chi connectivity index (χ2v) is 7.42. The zero-order chi connectivity index (χ0) is 17.5. The number of piperidine rings is 1. The number of guanidine groups is 1. The molecule has 1 aromatic heterocycles. The summed E-state index contributed by atoms with van der Waals surface area (Å²) in [6.45, 7) is 6.78. The molecule has 2 heterocycles. The molecule has 0 aromatic carbocycles. The van der Waals surface area contributed by atoms with Gasteiger partial charge in [-0.2, -0.15) is 5.10 Å². The van der Waals surface area contributed by atoms with Crippen LogP contribution in [0.4, 0.5) is 0 Å². The van der Waals surface area contributed by atoms with Gasteiger partial charge in [0, 0.05) is 39.5 Å². The summed E-state index contributed by atoms with van der Waals surface area (Å²) in [5.74, 6) is 1.82. The van der Waals surface area contributed by atoms with Crippen LogP contribution in [0.5, 0.6) is 0 Å². The summed E-state index contributed by atoms with van der Waals surface area (Å²) < 4.78 is 8.14. The van der Waals surface area contributed by atoms with Gasteiger partial charge in [-0.1, -0.05) is 12.8 Å². The van der Waals surface area contributed by atoms with Gasteiger partial charge >= 0.3 is 0 Å². The highest BCUT2D eigenvalue weighted by Gasteiger charge is 2.23. The second-order valence-electron chi connectivity index (χ2n) is 7.42. The molecule has 0 unspecified atom stereocenters. The van der Waals surface area contributed by atoms with Crippen LogP contribution in [-0.2, 0) is 11.3 Å². The molecule has 0 atom stereocenters. The van der Waals surface area contributed by atoms with Crippen molar-refractivity contribution in [3.05, 3.63) is 18.0 Å². The molecule has 2 aliphatic rings. The molecular weight excluding hydrogens is 314 g/mol. The van der Waals surface area contributed by atoms with Crippen LogP contribution in [0.25, 0.3) is 0 Å². The Kier molecular flexibility index (Phi) is 6.73. The van der Waals surface area contributed by atoms with Crippen molar-refractivity contribution in [3.63, 3.8) is 0 Å². The van der Waals surface area contributed by atoms with Crippen LogP contribution in [0, 0.1) is 12.8 Å². The Morgan fingerprint density at radius 2 is 2.04 bits per heavy atom. The van der Waals surface area contributed by atoms with Gasteiger partial charge in [-0.25, -0.2) is 0 Å². The lowest BCUT2D eigenvalue weighted by molar-refractivity contribution is 0.00102. The highest BCUT2D eigenvalue weighted by Crippen LogP contribution is 2.26. The average molecular weight is 348 g/mol. The Hall–Kier alpha value is -1.56. The van der Waals surface area contributed by atoms with E-state index in [1.165, 1.54) is 31.2 Å². The highest BCUT2D eigenvalue weighted by molar-refractivity contribution is 5.79. The van der Waals surface area contributed by atoms with Crippen molar-refractivity contribution in [3.8, 4) is 0 Å². The van der Waals surface area contributed by atoms with Gasteiger partial charge in [0.1, 0.15) is 0 Å². The first-order chi connectivity index (χ1) is 12.2. The molecule has 1 aliphatic carbocycles. The first-order valence-corrected chi connectivity index (χ1v) is 9.81. The van der Waals surface area contributed by atoms with Gasteiger partial charge in [-0.3, -0.25) is 9.67 Å². The predicted molar refractivity (Wildman–Crippen MR) is 101 cm³/mol. The number of nitrogens with one attached hydrogen (secondary N) is 1. The van der Waals surface area contributed by atoms with E-state index in [0.717, 1.165) is 57.5 Å². The van der Waals surface area contributed by atoms with Crippen molar-refractivity contribution >= 4 is 5.96 Å². The minimum Gasteiger partial charge on any atom is -0.378 e. The maximum Gasteiger partial charge on any atom is 0.193 e. The smallest absolute Gasteiger partial charge is 0.193 e. The minimum absolute atomic E-state index is 0.432. The number of aliphatic imine (C=N–C) groups is 1. The van der Waals surface area contributed by atoms with Gasteiger partial charge in [0.25, 0.3) is 0 Å². The Morgan fingerprint density at radius 1 is 1.28 bits per heavy atom. The van der Waals surface area contributed by atoms with E-state index < -0.39 is 0 Å². The molecule has 6 heteroatoms. The average Bonchev–Trinajstić information content (AvgIpc) is 3.29. The van der Waals surface area contributed by atoms with Gasteiger partial charge in [0.05, 0.1) is 18.8 Å². The SMILES string of the molecule is CN=C(NCCn1cc(C)cn1)N1CCC(OCC2CCCC2)CC1. The number of ether oxygens (including phenoxy) is 1. The Morgan fingerprint density at radius 3 is 2.68 bits per heavy atom. The summed E-state index contributed by atoms with van der Waals surface area (Å²) in [5, 5.41) is 7.78. The molecule has 3 rings (SSSR count). The molecule has 1 saturated heterocycles. The molecule has 0 radical (unpaired) electrons. The predicted octanol–water partition coefficient (Wildman–Crippen LogP) is 2.44. The van der Waals surface area contributed by atoms with Crippen molar-refractivity contribution in [1.82, 2.24) is 20.0 Å². The maximum absolute atomic E-state index is 6.17. The summed E-state index contributed by atoms with van der Waals surface area (Å²) in [6, 6.07) is 0.